The van der Waals surface area contributed by atoms with Gasteiger partial charge in [-0.1, -0.05) is 23.7 Å². The van der Waals surface area contributed by atoms with E-state index in [4.69, 9.17) is 31.8 Å². The van der Waals surface area contributed by atoms with E-state index in [1.54, 1.807) is 28.9 Å². The Labute approximate surface area is 186 Å². The molecule has 7 nitrogen and oxygen atoms in total. The minimum atomic E-state index is -0.0622. The Morgan fingerprint density at radius 3 is 2.84 bits per heavy atom. The zero-order chi connectivity index (χ0) is 21.8. The smallest absolute Gasteiger partial charge is 0.259 e. The molecule has 8 heteroatoms. The number of likely N-dealkylation sites (tertiary alicyclic amines) is 1. The fourth-order valence-corrected chi connectivity index (χ4v) is 4.34. The molecule has 158 valence electrons. The number of piperidine rings is 1. The SMILES string of the molecule is CC(Oc1nc(-c2ccc(C#N)cc2)c(Cl)n2ccnc12)[C@@H]1CCCN(CCC#N)C1. The van der Waals surface area contributed by atoms with E-state index in [0.717, 1.165) is 38.0 Å². The maximum absolute atomic E-state index is 9.06. The maximum Gasteiger partial charge on any atom is 0.259 e. The van der Waals surface area contributed by atoms with E-state index in [-0.39, 0.29) is 6.10 Å². The molecule has 1 unspecified atom stereocenters. The van der Waals surface area contributed by atoms with Gasteiger partial charge in [-0.05, 0) is 38.4 Å². The molecular formula is C23H23ClN6O. The molecule has 0 bridgehead atoms. The Hall–Kier alpha value is -3.13. The maximum atomic E-state index is 9.06. The van der Waals surface area contributed by atoms with Crippen molar-refractivity contribution in [3.63, 3.8) is 0 Å². The fourth-order valence-electron chi connectivity index (χ4n) is 4.06. The lowest BCUT2D eigenvalue weighted by Crippen LogP contribution is -2.41. The molecule has 0 N–H and O–H groups in total. The lowest BCUT2D eigenvalue weighted by molar-refractivity contribution is 0.0772. The Morgan fingerprint density at radius 2 is 2.10 bits per heavy atom. The molecule has 3 aromatic rings. The second kappa shape index (κ2) is 9.34. The second-order valence-electron chi connectivity index (χ2n) is 7.80. The van der Waals surface area contributed by atoms with Crippen LogP contribution in [-0.4, -0.2) is 45.0 Å². The van der Waals surface area contributed by atoms with Gasteiger partial charge in [0, 0.05) is 43.4 Å². The van der Waals surface area contributed by atoms with E-state index >= 15 is 0 Å². The van der Waals surface area contributed by atoms with Gasteiger partial charge in [-0.25, -0.2) is 9.97 Å². The summed E-state index contributed by atoms with van der Waals surface area (Å²) in [5.74, 6) is 0.786. The molecule has 3 heterocycles. The quantitative estimate of drug-likeness (QED) is 0.574. The van der Waals surface area contributed by atoms with Crippen LogP contribution >= 0.6 is 11.6 Å². The summed E-state index contributed by atoms with van der Waals surface area (Å²) in [5.41, 5.74) is 2.54. The van der Waals surface area contributed by atoms with Gasteiger partial charge in [0.15, 0.2) is 0 Å². The summed E-state index contributed by atoms with van der Waals surface area (Å²) in [4.78, 5) is 11.5. The second-order valence-corrected chi connectivity index (χ2v) is 8.16. The monoisotopic (exact) mass is 434 g/mol. The number of benzene rings is 1. The Morgan fingerprint density at radius 1 is 1.29 bits per heavy atom. The number of nitriles is 2. The first-order valence-electron chi connectivity index (χ1n) is 10.4. The van der Waals surface area contributed by atoms with Crippen LogP contribution in [0.4, 0.5) is 0 Å². The first-order valence-corrected chi connectivity index (χ1v) is 10.8. The van der Waals surface area contributed by atoms with E-state index in [2.05, 4.69) is 28.9 Å². The number of hydrogen-bond donors (Lipinski definition) is 0. The Bertz CT molecular complexity index is 1140. The van der Waals surface area contributed by atoms with Crippen molar-refractivity contribution >= 4 is 17.2 Å². The third-order valence-electron chi connectivity index (χ3n) is 5.78. The highest BCUT2D eigenvalue weighted by Crippen LogP contribution is 2.32. The van der Waals surface area contributed by atoms with Gasteiger partial charge in [0.05, 0.1) is 17.7 Å². The van der Waals surface area contributed by atoms with Crippen molar-refractivity contribution < 1.29 is 4.74 Å². The van der Waals surface area contributed by atoms with Crippen LogP contribution in [0.1, 0.15) is 31.7 Å². The number of nitrogens with zero attached hydrogens (tertiary/aromatic N) is 6. The Balaban J connectivity index is 1.61. The van der Waals surface area contributed by atoms with Gasteiger partial charge >= 0.3 is 0 Å². The number of ether oxygens (including phenoxy) is 1. The van der Waals surface area contributed by atoms with E-state index < -0.39 is 0 Å². The molecule has 1 aromatic carbocycles. The van der Waals surface area contributed by atoms with Crippen molar-refractivity contribution in [3.8, 4) is 29.3 Å². The van der Waals surface area contributed by atoms with Crippen LogP contribution in [0.25, 0.3) is 16.9 Å². The summed E-state index contributed by atoms with van der Waals surface area (Å²) in [6.07, 6.45) is 6.11. The summed E-state index contributed by atoms with van der Waals surface area (Å²) < 4.78 is 8.11. The summed E-state index contributed by atoms with van der Waals surface area (Å²) in [6, 6.07) is 11.5. The van der Waals surface area contributed by atoms with E-state index in [1.165, 1.54) is 0 Å². The van der Waals surface area contributed by atoms with Gasteiger partial charge in [-0.3, -0.25) is 4.40 Å². The predicted molar refractivity (Wildman–Crippen MR) is 118 cm³/mol. The molecule has 0 saturated carbocycles. The van der Waals surface area contributed by atoms with Crippen molar-refractivity contribution in [1.82, 2.24) is 19.3 Å². The zero-order valence-electron chi connectivity index (χ0n) is 17.3. The average molecular weight is 435 g/mol. The van der Waals surface area contributed by atoms with Crippen LogP contribution in [0, 0.1) is 28.6 Å². The molecule has 1 aliphatic heterocycles. The van der Waals surface area contributed by atoms with Crippen LogP contribution in [0.3, 0.4) is 0 Å². The molecule has 0 amide bonds. The summed E-state index contributed by atoms with van der Waals surface area (Å²) in [5, 5.41) is 18.4. The molecule has 1 saturated heterocycles. The average Bonchev–Trinajstić information content (AvgIpc) is 3.30. The number of hydrogen-bond acceptors (Lipinski definition) is 6. The first kappa shape index (κ1) is 21.1. The minimum absolute atomic E-state index is 0.0622. The number of aromatic nitrogens is 3. The van der Waals surface area contributed by atoms with E-state index in [0.29, 0.717) is 40.3 Å². The van der Waals surface area contributed by atoms with Crippen LogP contribution < -0.4 is 4.74 Å². The van der Waals surface area contributed by atoms with Gasteiger partial charge in [0.1, 0.15) is 17.0 Å². The molecule has 1 aliphatic rings. The largest absolute Gasteiger partial charge is 0.472 e. The third kappa shape index (κ3) is 4.49. The summed E-state index contributed by atoms with van der Waals surface area (Å²) in [7, 11) is 0. The van der Waals surface area contributed by atoms with Crippen LogP contribution in [0.5, 0.6) is 5.88 Å². The van der Waals surface area contributed by atoms with Crippen molar-refractivity contribution in [3.05, 3.63) is 47.4 Å². The third-order valence-corrected chi connectivity index (χ3v) is 6.14. The molecule has 0 radical (unpaired) electrons. The molecule has 2 atom stereocenters. The number of halogens is 1. The van der Waals surface area contributed by atoms with Gasteiger partial charge in [-0.2, -0.15) is 10.5 Å². The highest BCUT2D eigenvalue weighted by Gasteiger charge is 2.27. The zero-order valence-corrected chi connectivity index (χ0v) is 18.1. The highest BCUT2D eigenvalue weighted by molar-refractivity contribution is 6.32. The normalized spacial score (nSPS) is 17.7. The fraction of sp³-hybridized carbons (Fsp3) is 0.391. The molecule has 0 aliphatic carbocycles. The predicted octanol–water partition coefficient (Wildman–Crippen LogP) is 4.31. The van der Waals surface area contributed by atoms with Crippen molar-refractivity contribution in [2.24, 2.45) is 5.92 Å². The van der Waals surface area contributed by atoms with Gasteiger partial charge < -0.3 is 9.64 Å². The Kier molecular flexibility index (Phi) is 6.36. The first-order chi connectivity index (χ1) is 15.1. The van der Waals surface area contributed by atoms with Crippen molar-refractivity contribution in [1.29, 1.82) is 10.5 Å². The number of fused-ring (bicyclic) bond motifs is 1. The van der Waals surface area contributed by atoms with Crippen LogP contribution in [-0.2, 0) is 0 Å². The summed E-state index contributed by atoms with van der Waals surface area (Å²) >= 11 is 6.62. The van der Waals surface area contributed by atoms with Crippen LogP contribution in [0.15, 0.2) is 36.7 Å². The number of imidazole rings is 1. The topological polar surface area (TPSA) is 90.2 Å². The lowest BCUT2D eigenvalue weighted by atomic mass is 9.93. The standard InChI is InChI=1S/C23H23ClN6O/c1-16(19-4-2-11-29(15-19)12-3-9-25)31-23-22-27-10-13-30(22)21(24)20(28-23)18-7-5-17(14-26)6-8-18/h5-8,10,13,16,19H,2-4,11-12,15H2,1H3/t16?,19-/m1/s1. The van der Waals surface area contributed by atoms with E-state index in [9.17, 15) is 0 Å². The summed E-state index contributed by atoms with van der Waals surface area (Å²) in [6.45, 7) is 4.79. The molecule has 2 aromatic heterocycles. The van der Waals surface area contributed by atoms with Gasteiger partial charge in [-0.15, -0.1) is 0 Å². The molecular weight excluding hydrogens is 412 g/mol. The number of rotatable bonds is 6. The molecule has 1 fully saturated rings. The lowest BCUT2D eigenvalue weighted by Gasteiger charge is -2.35. The molecule has 4 rings (SSSR count). The molecule has 0 spiro atoms. The van der Waals surface area contributed by atoms with Crippen molar-refractivity contribution in [2.75, 3.05) is 19.6 Å². The van der Waals surface area contributed by atoms with Gasteiger partial charge in [0.25, 0.3) is 5.88 Å². The van der Waals surface area contributed by atoms with Crippen molar-refractivity contribution in [2.45, 2.75) is 32.3 Å². The molecule has 31 heavy (non-hydrogen) atoms. The van der Waals surface area contributed by atoms with E-state index in [1.807, 2.05) is 12.1 Å². The van der Waals surface area contributed by atoms with Gasteiger partial charge in [0.2, 0.25) is 5.65 Å². The highest BCUT2D eigenvalue weighted by atomic mass is 35.5. The minimum Gasteiger partial charge on any atom is -0.472 e. The van der Waals surface area contributed by atoms with Crippen LogP contribution in [0.2, 0.25) is 5.15 Å².